The first-order valence-corrected chi connectivity index (χ1v) is 10.2. The molecule has 2 saturated heterocycles. The number of piperidine rings is 2. The number of nitrogens with zero attached hydrogens (tertiary/aromatic N) is 2. The van der Waals surface area contributed by atoms with Crippen molar-refractivity contribution in [3.8, 4) is 0 Å². The third-order valence-electron chi connectivity index (χ3n) is 6.41. The number of halogens is 2. The first-order valence-electron chi connectivity index (χ1n) is 10.2. The summed E-state index contributed by atoms with van der Waals surface area (Å²) in [7, 11) is 0. The molecule has 26 heavy (non-hydrogen) atoms. The van der Waals surface area contributed by atoms with Gasteiger partial charge in [0.15, 0.2) is 0 Å². The fourth-order valence-corrected chi connectivity index (χ4v) is 4.81. The first-order chi connectivity index (χ1) is 12.7. The largest absolute Gasteiger partial charge is 0.381 e. The van der Waals surface area contributed by atoms with Gasteiger partial charge in [-0.05, 0) is 62.2 Å². The standard InChI is InChI=1S/C21H30F2N2O/c22-20-6-4-7-21(23)18(20)14-25-12-16-17(13-25)19(16)15-26-11-5-10-24-8-2-1-3-9-24/h4,6-7,16-17,19H,1-3,5,8-15H2/t16-,17+,19+. The number of benzene rings is 1. The highest BCUT2D eigenvalue weighted by Crippen LogP contribution is 2.52. The molecule has 4 rings (SSSR count). The Kier molecular flexibility index (Phi) is 5.87. The SMILES string of the molecule is Fc1cccc(F)c1CN1C[C@@H]2[C@@H](COCCCN3CCCCC3)[C@@H]2C1. The maximum atomic E-state index is 13.8. The number of hydrogen-bond donors (Lipinski definition) is 0. The second-order valence-electron chi connectivity index (χ2n) is 8.22. The summed E-state index contributed by atoms with van der Waals surface area (Å²) >= 11 is 0. The van der Waals surface area contributed by atoms with Crippen molar-refractivity contribution in [1.82, 2.24) is 9.80 Å². The van der Waals surface area contributed by atoms with Crippen molar-refractivity contribution < 1.29 is 13.5 Å². The summed E-state index contributed by atoms with van der Waals surface area (Å²) in [5.74, 6) is 1.11. The monoisotopic (exact) mass is 364 g/mol. The molecule has 3 aliphatic rings. The maximum Gasteiger partial charge on any atom is 0.130 e. The van der Waals surface area contributed by atoms with Gasteiger partial charge in [0, 0.05) is 38.3 Å². The third-order valence-corrected chi connectivity index (χ3v) is 6.41. The highest BCUT2D eigenvalue weighted by atomic mass is 19.1. The Morgan fingerprint density at radius 3 is 2.35 bits per heavy atom. The van der Waals surface area contributed by atoms with E-state index >= 15 is 0 Å². The fourth-order valence-electron chi connectivity index (χ4n) is 4.81. The van der Waals surface area contributed by atoms with Crippen molar-refractivity contribution >= 4 is 0 Å². The summed E-state index contributed by atoms with van der Waals surface area (Å²) in [6, 6.07) is 4.11. The Balaban J connectivity index is 1.11. The molecule has 3 nitrogen and oxygen atoms in total. The van der Waals surface area contributed by atoms with Gasteiger partial charge in [0.25, 0.3) is 0 Å². The molecule has 0 unspecified atom stereocenters. The molecule has 2 aliphatic heterocycles. The van der Waals surface area contributed by atoms with E-state index in [0.717, 1.165) is 32.7 Å². The van der Waals surface area contributed by atoms with Crippen molar-refractivity contribution in [2.75, 3.05) is 45.9 Å². The normalized spacial score (nSPS) is 29.1. The molecule has 0 N–H and O–H groups in total. The molecule has 144 valence electrons. The second kappa shape index (κ2) is 8.32. The summed E-state index contributed by atoms with van der Waals surface area (Å²) in [4.78, 5) is 4.74. The maximum absolute atomic E-state index is 13.8. The van der Waals surface area contributed by atoms with E-state index in [1.165, 1.54) is 57.1 Å². The number of likely N-dealkylation sites (tertiary alicyclic amines) is 2. The van der Waals surface area contributed by atoms with E-state index in [-0.39, 0.29) is 5.56 Å². The van der Waals surface area contributed by atoms with Gasteiger partial charge >= 0.3 is 0 Å². The molecule has 1 aliphatic carbocycles. The van der Waals surface area contributed by atoms with Crippen molar-refractivity contribution in [2.24, 2.45) is 17.8 Å². The summed E-state index contributed by atoms with van der Waals surface area (Å²) in [6.45, 7) is 7.67. The van der Waals surface area contributed by atoms with E-state index < -0.39 is 11.6 Å². The Hall–Kier alpha value is -1.04. The van der Waals surface area contributed by atoms with Crippen LogP contribution >= 0.6 is 0 Å². The molecular weight excluding hydrogens is 334 g/mol. The molecule has 3 atom stereocenters. The third kappa shape index (κ3) is 4.26. The predicted molar refractivity (Wildman–Crippen MR) is 97.8 cm³/mol. The van der Waals surface area contributed by atoms with Crippen LogP contribution in [0.1, 0.15) is 31.2 Å². The van der Waals surface area contributed by atoms with Crippen molar-refractivity contribution in [2.45, 2.75) is 32.2 Å². The van der Waals surface area contributed by atoms with Gasteiger partial charge in [0.05, 0.1) is 6.61 Å². The lowest BCUT2D eigenvalue weighted by Gasteiger charge is -2.26. The number of ether oxygens (including phenoxy) is 1. The average Bonchev–Trinajstić information content (AvgIpc) is 3.10. The Morgan fingerprint density at radius 2 is 1.65 bits per heavy atom. The van der Waals surface area contributed by atoms with Crippen LogP contribution in [0.3, 0.4) is 0 Å². The lowest BCUT2D eigenvalue weighted by Crippen LogP contribution is -2.31. The van der Waals surface area contributed by atoms with Crippen molar-refractivity contribution in [3.63, 3.8) is 0 Å². The number of hydrogen-bond acceptors (Lipinski definition) is 3. The molecule has 2 heterocycles. The highest BCUT2D eigenvalue weighted by molar-refractivity contribution is 5.20. The lowest BCUT2D eigenvalue weighted by atomic mass is 10.1. The first kappa shape index (κ1) is 18.3. The van der Waals surface area contributed by atoms with Crippen LogP contribution < -0.4 is 0 Å². The van der Waals surface area contributed by atoms with Crippen LogP contribution in [0.25, 0.3) is 0 Å². The van der Waals surface area contributed by atoms with Gasteiger partial charge < -0.3 is 9.64 Å². The average molecular weight is 364 g/mol. The van der Waals surface area contributed by atoms with Crippen molar-refractivity contribution in [3.05, 3.63) is 35.4 Å². The molecule has 0 spiro atoms. The number of fused-ring (bicyclic) bond motifs is 1. The topological polar surface area (TPSA) is 15.7 Å². The van der Waals surface area contributed by atoms with Gasteiger partial charge in [-0.15, -0.1) is 0 Å². The van der Waals surface area contributed by atoms with Gasteiger partial charge in [-0.2, -0.15) is 0 Å². The van der Waals surface area contributed by atoms with E-state index in [9.17, 15) is 8.78 Å². The molecule has 1 aromatic rings. The number of rotatable bonds is 8. The Morgan fingerprint density at radius 1 is 0.962 bits per heavy atom. The molecule has 0 bridgehead atoms. The second-order valence-corrected chi connectivity index (χ2v) is 8.22. The summed E-state index contributed by atoms with van der Waals surface area (Å²) in [5, 5.41) is 0. The lowest BCUT2D eigenvalue weighted by molar-refractivity contribution is 0.0966. The van der Waals surface area contributed by atoms with Crippen LogP contribution in [0.2, 0.25) is 0 Å². The van der Waals surface area contributed by atoms with Crippen LogP contribution in [-0.2, 0) is 11.3 Å². The van der Waals surface area contributed by atoms with Gasteiger partial charge in [0.2, 0.25) is 0 Å². The minimum absolute atomic E-state index is 0.208. The molecule has 5 heteroatoms. The van der Waals surface area contributed by atoms with Gasteiger partial charge in [-0.3, -0.25) is 4.90 Å². The van der Waals surface area contributed by atoms with Crippen LogP contribution in [-0.4, -0.2) is 55.7 Å². The van der Waals surface area contributed by atoms with Crippen LogP contribution in [0, 0.1) is 29.4 Å². The molecular formula is C21H30F2N2O. The van der Waals surface area contributed by atoms with Crippen LogP contribution in [0.4, 0.5) is 8.78 Å². The minimum atomic E-state index is -0.431. The Labute approximate surface area is 155 Å². The zero-order valence-electron chi connectivity index (χ0n) is 15.5. The van der Waals surface area contributed by atoms with E-state index in [1.807, 2.05) is 0 Å². The smallest absolute Gasteiger partial charge is 0.130 e. The molecule has 0 radical (unpaired) electrons. The molecule has 0 aromatic heterocycles. The summed E-state index contributed by atoms with van der Waals surface area (Å²) < 4.78 is 33.5. The van der Waals surface area contributed by atoms with E-state index in [1.54, 1.807) is 0 Å². The van der Waals surface area contributed by atoms with E-state index in [2.05, 4.69) is 9.80 Å². The zero-order chi connectivity index (χ0) is 17.9. The Bertz CT molecular complexity index is 573. The minimum Gasteiger partial charge on any atom is -0.381 e. The zero-order valence-corrected chi connectivity index (χ0v) is 15.5. The fraction of sp³-hybridized carbons (Fsp3) is 0.714. The van der Waals surface area contributed by atoms with Crippen molar-refractivity contribution in [1.29, 1.82) is 0 Å². The predicted octanol–water partition coefficient (Wildman–Crippen LogP) is 3.54. The van der Waals surface area contributed by atoms with Crippen LogP contribution in [0.5, 0.6) is 0 Å². The van der Waals surface area contributed by atoms with Gasteiger partial charge in [-0.1, -0.05) is 12.5 Å². The van der Waals surface area contributed by atoms with Gasteiger partial charge in [-0.25, -0.2) is 8.78 Å². The summed E-state index contributed by atoms with van der Waals surface area (Å²) in [5.41, 5.74) is 0.208. The van der Waals surface area contributed by atoms with E-state index in [4.69, 9.17) is 4.74 Å². The van der Waals surface area contributed by atoms with Gasteiger partial charge in [0.1, 0.15) is 11.6 Å². The molecule has 1 saturated carbocycles. The van der Waals surface area contributed by atoms with E-state index in [0.29, 0.717) is 24.3 Å². The molecule has 3 fully saturated rings. The highest BCUT2D eigenvalue weighted by Gasteiger charge is 2.55. The van der Waals surface area contributed by atoms with Crippen LogP contribution in [0.15, 0.2) is 18.2 Å². The summed E-state index contributed by atoms with van der Waals surface area (Å²) in [6.07, 6.45) is 5.21. The molecule has 1 aromatic carbocycles. The molecule has 0 amide bonds. The quantitative estimate of drug-likeness (QED) is 0.656.